The molecule has 1 saturated heterocycles. The van der Waals surface area contributed by atoms with Gasteiger partial charge in [-0.25, -0.2) is 9.78 Å². The van der Waals surface area contributed by atoms with E-state index in [0.717, 1.165) is 5.56 Å². The van der Waals surface area contributed by atoms with Gasteiger partial charge in [0, 0.05) is 37.5 Å². The normalized spacial score (nSPS) is 14.5. The van der Waals surface area contributed by atoms with Gasteiger partial charge in [-0.2, -0.15) is 0 Å². The molecule has 126 valence electrons. The highest BCUT2D eigenvalue weighted by Gasteiger charge is 2.16. The van der Waals surface area contributed by atoms with Crippen LogP contribution in [0.2, 0.25) is 0 Å². The molecular weight excluding hydrogens is 312 g/mol. The summed E-state index contributed by atoms with van der Waals surface area (Å²) in [5.41, 5.74) is 1.05. The Bertz CT molecular complexity index is 795. The Labute approximate surface area is 138 Å². The lowest BCUT2D eigenvalue weighted by Crippen LogP contribution is -2.38. The summed E-state index contributed by atoms with van der Waals surface area (Å²) in [7, 11) is 1.66. The molecule has 24 heavy (non-hydrogen) atoms. The number of ether oxygens (including phenoxy) is 1. The maximum absolute atomic E-state index is 12.3. The van der Waals surface area contributed by atoms with Crippen LogP contribution in [-0.4, -0.2) is 47.1 Å². The third kappa shape index (κ3) is 3.38. The number of hydrogen-bond acceptors (Lipinski definition) is 5. The summed E-state index contributed by atoms with van der Waals surface area (Å²) in [6.45, 7) is 2.62. The van der Waals surface area contributed by atoms with E-state index in [0.29, 0.717) is 43.6 Å². The van der Waals surface area contributed by atoms with E-state index in [1.165, 1.54) is 10.6 Å². The van der Waals surface area contributed by atoms with Crippen LogP contribution in [0.15, 0.2) is 35.1 Å². The average Bonchev–Trinajstić information content (AvgIpc) is 2.58. The molecular formula is C16H18N4O4. The van der Waals surface area contributed by atoms with Crippen molar-refractivity contribution in [3.63, 3.8) is 0 Å². The summed E-state index contributed by atoms with van der Waals surface area (Å²) in [6.07, 6.45) is -1.12. The van der Waals surface area contributed by atoms with Crippen molar-refractivity contribution in [3.8, 4) is 11.4 Å². The zero-order valence-corrected chi connectivity index (χ0v) is 13.2. The van der Waals surface area contributed by atoms with Crippen LogP contribution in [-0.2, 0) is 11.8 Å². The van der Waals surface area contributed by atoms with Crippen molar-refractivity contribution in [3.05, 3.63) is 40.7 Å². The summed E-state index contributed by atoms with van der Waals surface area (Å²) in [5, 5.41) is 11.0. The smallest absolute Gasteiger partial charge is 0.409 e. The SMILES string of the molecule is Cn1c(-c2ccc(NC(=O)O)cc2)nc(N2CCOCC2)cc1=O. The fourth-order valence-corrected chi connectivity index (χ4v) is 2.57. The summed E-state index contributed by atoms with van der Waals surface area (Å²) in [5.74, 6) is 1.16. The molecule has 8 heteroatoms. The van der Waals surface area contributed by atoms with Crippen LogP contribution in [0.3, 0.4) is 0 Å². The third-order valence-corrected chi connectivity index (χ3v) is 3.85. The highest BCUT2D eigenvalue weighted by Crippen LogP contribution is 2.21. The van der Waals surface area contributed by atoms with Crippen molar-refractivity contribution in [1.82, 2.24) is 9.55 Å². The number of anilines is 2. The van der Waals surface area contributed by atoms with Gasteiger partial charge in [-0.05, 0) is 24.3 Å². The largest absolute Gasteiger partial charge is 0.465 e. The predicted octanol–water partition coefficient (Wildman–Crippen LogP) is 1.37. The van der Waals surface area contributed by atoms with E-state index in [-0.39, 0.29) is 5.56 Å². The molecule has 0 saturated carbocycles. The third-order valence-electron chi connectivity index (χ3n) is 3.85. The van der Waals surface area contributed by atoms with Gasteiger partial charge in [0.2, 0.25) is 0 Å². The first-order valence-corrected chi connectivity index (χ1v) is 7.56. The number of rotatable bonds is 3. The van der Waals surface area contributed by atoms with Crippen LogP contribution >= 0.6 is 0 Å². The number of nitrogens with zero attached hydrogens (tertiary/aromatic N) is 3. The zero-order valence-electron chi connectivity index (χ0n) is 13.2. The molecule has 3 rings (SSSR count). The van der Waals surface area contributed by atoms with E-state index in [9.17, 15) is 9.59 Å². The molecule has 0 unspecified atom stereocenters. The van der Waals surface area contributed by atoms with Crippen LogP contribution in [0.4, 0.5) is 16.3 Å². The first-order valence-electron chi connectivity index (χ1n) is 7.56. The second kappa shape index (κ2) is 6.71. The molecule has 2 aromatic rings. The number of amides is 1. The lowest BCUT2D eigenvalue weighted by molar-refractivity contribution is 0.122. The zero-order chi connectivity index (χ0) is 17.1. The van der Waals surface area contributed by atoms with Crippen molar-refractivity contribution >= 4 is 17.6 Å². The van der Waals surface area contributed by atoms with Gasteiger partial charge in [-0.3, -0.25) is 14.7 Å². The minimum atomic E-state index is -1.12. The van der Waals surface area contributed by atoms with E-state index >= 15 is 0 Å². The number of benzene rings is 1. The molecule has 1 aliphatic rings. The Hall–Kier alpha value is -2.87. The molecule has 1 fully saturated rings. The van der Waals surface area contributed by atoms with Gasteiger partial charge >= 0.3 is 6.09 Å². The van der Waals surface area contributed by atoms with E-state index in [1.807, 2.05) is 4.90 Å². The molecule has 0 aliphatic carbocycles. The number of hydrogen-bond donors (Lipinski definition) is 2. The maximum atomic E-state index is 12.3. The molecule has 1 aliphatic heterocycles. The van der Waals surface area contributed by atoms with Gasteiger partial charge in [-0.1, -0.05) is 0 Å². The monoisotopic (exact) mass is 330 g/mol. The molecule has 1 aromatic carbocycles. The summed E-state index contributed by atoms with van der Waals surface area (Å²) >= 11 is 0. The number of carbonyl (C=O) groups is 1. The van der Waals surface area contributed by atoms with E-state index in [2.05, 4.69) is 10.3 Å². The summed E-state index contributed by atoms with van der Waals surface area (Å²) in [6, 6.07) is 8.26. The van der Waals surface area contributed by atoms with Gasteiger partial charge in [0.25, 0.3) is 5.56 Å². The lowest BCUT2D eigenvalue weighted by atomic mass is 10.2. The predicted molar refractivity (Wildman–Crippen MR) is 89.6 cm³/mol. The molecule has 2 N–H and O–H groups in total. The minimum absolute atomic E-state index is 0.144. The van der Waals surface area contributed by atoms with Crippen molar-refractivity contribution in [2.45, 2.75) is 0 Å². The fourth-order valence-electron chi connectivity index (χ4n) is 2.57. The topological polar surface area (TPSA) is 96.7 Å². The molecule has 1 aromatic heterocycles. The van der Waals surface area contributed by atoms with Gasteiger partial charge < -0.3 is 14.7 Å². The Kier molecular flexibility index (Phi) is 4.48. The Morgan fingerprint density at radius 1 is 1.25 bits per heavy atom. The van der Waals surface area contributed by atoms with E-state index < -0.39 is 6.09 Å². The van der Waals surface area contributed by atoms with E-state index in [4.69, 9.17) is 9.84 Å². The highest BCUT2D eigenvalue weighted by atomic mass is 16.5. The van der Waals surface area contributed by atoms with Gasteiger partial charge in [0.1, 0.15) is 11.6 Å². The molecule has 0 radical (unpaired) electrons. The van der Waals surface area contributed by atoms with Crippen molar-refractivity contribution in [2.24, 2.45) is 7.05 Å². The molecule has 0 bridgehead atoms. The van der Waals surface area contributed by atoms with Crippen molar-refractivity contribution in [2.75, 3.05) is 36.5 Å². The Morgan fingerprint density at radius 2 is 1.92 bits per heavy atom. The summed E-state index contributed by atoms with van der Waals surface area (Å²) in [4.78, 5) is 29.6. The minimum Gasteiger partial charge on any atom is -0.465 e. The fraction of sp³-hybridized carbons (Fsp3) is 0.312. The average molecular weight is 330 g/mol. The standard InChI is InChI=1S/C16H18N4O4/c1-19-14(21)10-13(20-6-8-24-9-7-20)18-15(19)11-2-4-12(5-3-11)17-16(22)23/h2-5,10,17H,6-9H2,1H3,(H,22,23). The quantitative estimate of drug-likeness (QED) is 0.882. The second-order valence-electron chi connectivity index (χ2n) is 5.44. The van der Waals surface area contributed by atoms with E-state index in [1.54, 1.807) is 31.3 Å². The molecule has 1 amide bonds. The molecule has 8 nitrogen and oxygen atoms in total. The number of morpholine rings is 1. The van der Waals surface area contributed by atoms with Crippen LogP contribution in [0.5, 0.6) is 0 Å². The number of aromatic nitrogens is 2. The summed E-state index contributed by atoms with van der Waals surface area (Å²) < 4.78 is 6.80. The van der Waals surface area contributed by atoms with Crippen LogP contribution < -0.4 is 15.8 Å². The number of carboxylic acid groups (broad SMARTS) is 1. The lowest BCUT2D eigenvalue weighted by Gasteiger charge is -2.28. The first-order chi connectivity index (χ1) is 11.5. The van der Waals surface area contributed by atoms with Gasteiger partial charge in [0.15, 0.2) is 0 Å². The molecule has 0 spiro atoms. The van der Waals surface area contributed by atoms with Gasteiger partial charge in [-0.15, -0.1) is 0 Å². The Balaban J connectivity index is 1.95. The highest BCUT2D eigenvalue weighted by molar-refractivity contribution is 5.83. The van der Waals surface area contributed by atoms with Crippen LogP contribution in [0.1, 0.15) is 0 Å². The molecule has 0 atom stereocenters. The van der Waals surface area contributed by atoms with Crippen molar-refractivity contribution < 1.29 is 14.6 Å². The molecule has 2 heterocycles. The second-order valence-corrected chi connectivity index (χ2v) is 5.44. The van der Waals surface area contributed by atoms with Crippen molar-refractivity contribution in [1.29, 1.82) is 0 Å². The first kappa shape index (κ1) is 16.0. The van der Waals surface area contributed by atoms with Gasteiger partial charge in [0.05, 0.1) is 13.2 Å². The number of nitrogens with one attached hydrogen (secondary N) is 1. The maximum Gasteiger partial charge on any atom is 0.409 e. The Morgan fingerprint density at radius 3 is 2.54 bits per heavy atom. The van der Waals surface area contributed by atoms with Crippen LogP contribution in [0.25, 0.3) is 11.4 Å². The van der Waals surface area contributed by atoms with Crippen LogP contribution in [0, 0.1) is 0 Å².